The highest BCUT2D eigenvalue weighted by molar-refractivity contribution is 6.30. The Balaban J connectivity index is 1.98. The van der Waals surface area contributed by atoms with Crippen molar-refractivity contribution in [1.82, 2.24) is 14.7 Å². The van der Waals surface area contributed by atoms with Crippen molar-refractivity contribution < 1.29 is 14.3 Å². The number of ether oxygens (including phenoxy) is 2. The molecule has 0 saturated heterocycles. The van der Waals surface area contributed by atoms with E-state index in [4.69, 9.17) is 21.1 Å². The Morgan fingerprint density at radius 1 is 1.29 bits per heavy atom. The van der Waals surface area contributed by atoms with Gasteiger partial charge in [-0.3, -0.25) is 14.0 Å². The first kappa shape index (κ1) is 25.0. The standard InChI is InChI=1S/C25H25ClN4O4/c1-16(2)33-13-5-11-28-23(31)18(15-27)14-21-24(34-20-9-7-19(26)8-10-20)29-22-17(3)6-4-12-30(22)25(21)32/h4,6-10,12,14,16H,5,11,13H2,1-3H3,(H,28,31)/b18-14+. The maximum absolute atomic E-state index is 13.3. The lowest BCUT2D eigenvalue weighted by atomic mass is 10.1. The molecule has 0 fully saturated rings. The Hall–Kier alpha value is -3.67. The van der Waals surface area contributed by atoms with Crippen molar-refractivity contribution in [2.45, 2.75) is 33.3 Å². The Labute approximate surface area is 202 Å². The van der Waals surface area contributed by atoms with Crippen LogP contribution < -0.4 is 15.6 Å². The monoisotopic (exact) mass is 480 g/mol. The maximum Gasteiger partial charge on any atom is 0.269 e. The van der Waals surface area contributed by atoms with Crippen LogP contribution in [0.4, 0.5) is 0 Å². The number of rotatable bonds is 9. The van der Waals surface area contributed by atoms with Crippen LogP contribution in [0.25, 0.3) is 11.7 Å². The van der Waals surface area contributed by atoms with E-state index < -0.39 is 11.5 Å². The largest absolute Gasteiger partial charge is 0.438 e. The molecular weight excluding hydrogens is 456 g/mol. The average molecular weight is 481 g/mol. The molecule has 0 aliphatic heterocycles. The van der Waals surface area contributed by atoms with Crippen molar-refractivity contribution in [2.24, 2.45) is 0 Å². The van der Waals surface area contributed by atoms with Crippen molar-refractivity contribution >= 4 is 29.2 Å². The van der Waals surface area contributed by atoms with Crippen molar-refractivity contribution in [1.29, 1.82) is 5.26 Å². The third-order valence-electron chi connectivity index (χ3n) is 4.79. The van der Waals surface area contributed by atoms with Gasteiger partial charge in [-0.1, -0.05) is 17.7 Å². The third kappa shape index (κ3) is 6.22. The van der Waals surface area contributed by atoms with Crippen LogP contribution in [0.5, 0.6) is 11.6 Å². The maximum atomic E-state index is 13.3. The number of nitrogens with one attached hydrogen (secondary N) is 1. The minimum absolute atomic E-state index is 0.0205. The lowest BCUT2D eigenvalue weighted by Crippen LogP contribution is -2.27. The van der Waals surface area contributed by atoms with Gasteiger partial charge in [-0.2, -0.15) is 10.2 Å². The second-order valence-corrected chi connectivity index (χ2v) is 8.21. The molecule has 2 heterocycles. The van der Waals surface area contributed by atoms with Gasteiger partial charge >= 0.3 is 0 Å². The predicted octanol–water partition coefficient (Wildman–Crippen LogP) is 4.29. The number of aryl methyl sites for hydroxylation is 1. The molecule has 3 aromatic rings. The van der Waals surface area contributed by atoms with Gasteiger partial charge in [-0.25, -0.2) is 0 Å². The van der Waals surface area contributed by atoms with Gasteiger partial charge in [-0.05, 0) is 69.2 Å². The zero-order valence-corrected chi connectivity index (χ0v) is 19.9. The number of amides is 1. The molecule has 0 spiro atoms. The van der Waals surface area contributed by atoms with Gasteiger partial charge in [0.15, 0.2) is 0 Å². The van der Waals surface area contributed by atoms with Crippen LogP contribution in [0.3, 0.4) is 0 Å². The molecule has 1 amide bonds. The predicted molar refractivity (Wildman–Crippen MR) is 130 cm³/mol. The molecule has 1 aromatic carbocycles. The molecule has 0 saturated carbocycles. The smallest absolute Gasteiger partial charge is 0.269 e. The van der Waals surface area contributed by atoms with E-state index in [1.54, 1.807) is 36.5 Å². The summed E-state index contributed by atoms with van der Waals surface area (Å²) in [5, 5.41) is 12.8. The number of nitriles is 1. The van der Waals surface area contributed by atoms with E-state index >= 15 is 0 Å². The first-order valence-electron chi connectivity index (χ1n) is 10.8. The van der Waals surface area contributed by atoms with E-state index in [1.165, 1.54) is 10.5 Å². The fourth-order valence-corrected chi connectivity index (χ4v) is 3.21. The molecule has 0 unspecified atom stereocenters. The van der Waals surface area contributed by atoms with Crippen molar-refractivity contribution in [2.75, 3.05) is 13.2 Å². The Morgan fingerprint density at radius 3 is 2.71 bits per heavy atom. The van der Waals surface area contributed by atoms with E-state index in [1.807, 2.05) is 32.9 Å². The SMILES string of the molecule is Cc1cccn2c(=O)c(/C=C(\C#N)C(=O)NCCCOC(C)C)c(Oc3ccc(Cl)cc3)nc12. The highest BCUT2D eigenvalue weighted by Gasteiger charge is 2.18. The molecule has 0 aliphatic carbocycles. The zero-order valence-electron chi connectivity index (χ0n) is 19.2. The number of carbonyl (C=O) groups is 1. The second-order valence-electron chi connectivity index (χ2n) is 7.78. The molecular formula is C25H25ClN4O4. The molecule has 0 atom stereocenters. The van der Waals surface area contributed by atoms with E-state index in [2.05, 4.69) is 10.3 Å². The fourth-order valence-electron chi connectivity index (χ4n) is 3.09. The summed E-state index contributed by atoms with van der Waals surface area (Å²) in [6.07, 6.45) is 3.46. The number of benzene rings is 1. The van der Waals surface area contributed by atoms with Crippen molar-refractivity contribution in [3.8, 4) is 17.7 Å². The van der Waals surface area contributed by atoms with E-state index in [0.29, 0.717) is 36.0 Å². The number of nitrogens with zero attached hydrogens (tertiary/aromatic N) is 3. The molecule has 0 bridgehead atoms. The molecule has 0 aliphatic rings. The normalized spacial score (nSPS) is 11.5. The summed E-state index contributed by atoms with van der Waals surface area (Å²) in [4.78, 5) is 30.4. The number of fused-ring (bicyclic) bond motifs is 1. The number of carbonyl (C=O) groups excluding carboxylic acids is 1. The number of pyridine rings is 1. The molecule has 1 N–H and O–H groups in total. The van der Waals surface area contributed by atoms with E-state index in [-0.39, 0.29) is 23.1 Å². The summed E-state index contributed by atoms with van der Waals surface area (Å²) in [6, 6.07) is 12.0. The molecule has 3 rings (SSSR count). The molecule has 2 aromatic heterocycles. The average Bonchev–Trinajstić information content (AvgIpc) is 2.80. The Kier molecular flexibility index (Phi) is 8.41. The summed E-state index contributed by atoms with van der Waals surface area (Å²) < 4.78 is 12.7. The lowest BCUT2D eigenvalue weighted by molar-refractivity contribution is -0.117. The van der Waals surface area contributed by atoms with Crippen molar-refractivity contribution in [3.63, 3.8) is 0 Å². The van der Waals surface area contributed by atoms with Crippen LogP contribution in [0.2, 0.25) is 5.02 Å². The Bertz CT molecular complexity index is 1310. The van der Waals surface area contributed by atoms with Crippen LogP contribution in [0, 0.1) is 18.3 Å². The minimum atomic E-state index is -0.599. The summed E-state index contributed by atoms with van der Waals surface area (Å²) in [6.45, 7) is 6.48. The molecule has 0 radical (unpaired) electrons. The third-order valence-corrected chi connectivity index (χ3v) is 5.04. The summed E-state index contributed by atoms with van der Waals surface area (Å²) in [5.41, 5.74) is 0.438. The molecule has 8 nitrogen and oxygen atoms in total. The summed E-state index contributed by atoms with van der Waals surface area (Å²) in [7, 11) is 0. The second kappa shape index (κ2) is 11.5. The Morgan fingerprint density at radius 2 is 2.03 bits per heavy atom. The van der Waals surface area contributed by atoms with Crippen molar-refractivity contribution in [3.05, 3.63) is 74.7 Å². The van der Waals surface area contributed by atoms with Gasteiger partial charge < -0.3 is 14.8 Å². The summed E-state index contributed by atoms with van der Waals surface area (Å²) >= 11 is 5.95. The highest BCUT2D eigenvalue weighted by Crippen LogP contribution is 2.25. The van der Waals surface area contributed by atoms with Crippen LogP contribution in [0.1, 0.15) is 31.4 Å². The minimum Gasteiger partial charge on any atom is -0.438 e. The van der Waals surface area contributed by atoms with Gasteiger partial charge in [0, 0.05) is 24.4 Å². The van der Waals surface area contributed by atoms with Crippen LogP contribution in [-0.4, -0.2) is 34.5 Å². The first-order chi connectivity index (χ1) is 16.3. The van der Waals surface area contributed by atoms with E-state index in [0.717, 1.165) is 5.56 Å². The number of hydrogen-bond donors (Lipinski definition) is 1. The van der Waals surface area contributed by atoms with Gasteiger partial charge in [0.05, 0.1) is 6.10 Å². The number of aromatic nitrogens is 2. The van der Waals surface area contributed by atoms with Gasteiger partial charge in [-0.15, -0.1) is 0 Å². The molecule has 34 heavy (non-hydrogen) atoms. The first-order valence-corrected chi connectivity index (χ1v) is 11.1. The van der Waals surface area contributed by atoms with Crippen LogP contribution in [0.15, 0.2) is 53.0 Å². The topological polar surface area (TPSA) is 106 Å². The highest BCUT2D eigenvalue weighted by atomic mass is 35.5. The van der Waals surface area contributed by atoms with Crippen LogP contribution >= 0.6 is 11.6 Å². The van der Waals surface area contributed by atoms with Gasteiger partial charge in [0.25, 0.3) is 11.5 Å². The molecule has 9 heteroatoms. The molecule has 176 valence electrons. The summed E-state index contributed by atoms with van der Waals surface area (Å²) in [5.74, 6) is -0.220. The van der Waals surface area contributed by atoms with Gasteiger partial charge in [0.1, 0.15) is 28.6 Å². The van der Waals surface area contributed by atoms with E-state index in [9.17, 15) is 14.9 Å². The number of halogens is 1. The number of hydrogen-bond acceptors (Lipinski definition) is 6. The fraction of sp³-hybridized carbons (Fsp3) is 0.280. The van der Waals surface area contributed by atoms with Crippen LogP contribution in [-0.2, 0) is 9.53 Å². The lowest BCUT2D eigenvalue weighted by Gasteiger charge is -2.12. The quantitative estimate of drug-likeness (QED) is 0.278. The van der Waals surface area contributed by atoms with Gasteiger partial charge in [0.2, 0.25) is 5.88 Å². The zero-order chi connectivity index (χ0) is 24.7.